The standard InChI is InChI=1S/C45H91NO3/c1-3-5-7-9-11-13-14-15-16-17-18-19-20-21-22-23-24-25-26-27-28-29-30-31-32-33-34-36-38-40-44(48)43(42-47)46-45(49)41-39-37-35-12-10-8-6-4-2/h43-44,47-48H,3-42H2,1-2H3,(H,46,49). The van der Waals surface area contributed by atoms with Gasteiger partial charge in [-0.05, 0) is 12.8 Å². The molecule has 0 aromatic rings. The molecule has 0 aliphatic heterocycles. The summed E-state index contributed by atoms with van der Waals surface area (Å²) in [6.45, 7) is 4.35. The molecule has 0 aliphatic carbocycles. The molecular weight excluding hydrogens is 602 g/mol. The Bertz CT molecular complexity index is 626. The van der Waals surface area contributed by atoms with E-state index in [1.165, 1.54) is 212 Å². The average Bonchev–Trinajstić information content (AvgIpc) is 3.10. The maximum atomic E-state index is 12.3. The van der Waals surface area contributed by atoms with Gasteiger partial charge in [0.15, 0.2) is 0 Å². The Morgan fingerprint density at radius 2 is 0.653 bits per heavy atom. The molecular formula is C45H91NO3. The lowest BCUT2D eigenvalue weighted by Crippen LogP contribution is -2.45. The van der Waals surface area contributed by atoms with Crippen LogP contribution in [0.3, 0.4) is 0 Å². The van der Waals surface area contributed by atoms with E-state index >= 15 is 0 Å². The van der Waals surface area contributed by atoms with Crippen molar-refractivity contribution < 1.29 is 15.0 Å². The number of hydrogen-bond acceptors (Lipinski definition) is 3. The van der Waals surface area contributed by atoms with Crippen LogP contribution in [-0.4, -0.2) is 34.9 Å². The second-order valence-electron chi connectivity index (χ2n) is 15.8. The van der Waals surface area contributed by atoms with E-state index in [0.717, 1.165) is 25.7 Å². The van der Waals surface area contributed by atoms with Gasteiger partial charge in [0, 0.05) is 6.42 Å². The molecule has 0 bridgehead atoms. The predicted octanol–water partition coefficient (Wildman–Crippen LogP) is 14.1. The summed E-state index contributed by atoms with van der Waals surface area (Å²) in [6.07, 6.45) is 50.7. The molecule has 0 aromatic heterocycles. The fourth-order valence-corrected chi connectivity index (χ4v) is 7.36. The van der Waals surface area contributed by atoms with E-state index in [-0.39, 0.29) is 12.5 Å². The lowest BCUT2D eigenvalue weighted by Gasteiger charge is -2.22. The van der Waals surface area contributed by atoms with Crippen molar-refractivity contribution in [3.8, 4) is 0 Å². The van der Waals surface area contributed by atoms with Crippen LogP contribution in [0.25, 0.3) is 0 Å². The maximum Gasteiger partial charge on any atom is 0.220 e. The Morgan fingerprint density at radius 1 is 0.408 bits per heavy atom. The molecule has 294 valence electrons. The highest BCUT2D eigenvalue weighted by molar-refractivity contribution is 5.76. The van der Waals surface area contributed by atoms with Gasteiger partial charge in [-0.15, -0.1) is 0 Å². The lowest BCUT2D eigenvalue weighted by molar-refractivity contribution is -0.123. The van der Waals surface area contributed by atoms with E-state index in [4.69, 9.17) is 0 Å². The zero-order valence-electron chi connectivity index (χ0n) is 33.7. The number of amides is 1. The number of carbonyl (C=O) groups excluding carboxylic acids is 1. The zero-order chi connectivity index (χ0) is 35.7. The van der Waals surface area contributed by atoms with Crippen LogP contribution < -0.4 is 5.32 Å². The minimum atomic E-state index is -0.651. The van der Waals surface area contributed by atoms with E-state index in [1.54, 1.807) is 0 Å². The molecule has 0 saturated heterocycles. The van der Waals surface area contributed by atoms with E-state index in [1.807, 2.05) is 0 Å². The van der Waals surface area contributed by atoms with Crippen molar-refractivity contribution in [2.75, 3.05) is 6.61 Å². The molecule has 0 aromatic carbocycles. The summed E-state index contributed by atoms with van der Waals surface area (Å²) >= 11 is 0. The number of carbonyl (C=O) groups is 1. The van der Waals surface area contributed by atoms with Gasteiger partial charge in [-0.25, -0.2) is 0 Å². The first-order valence-electron chi connectivity index (χ1n) is 22.7. The molecule has 0 heterocycles. The summed E-state index contributed by atoms with van der Waals surface area (Å²) in [5, 5.41) is 23.1. The van der Waals surface area contributed by atoms with Crippen molar-refractivity contribution in [1.29, 1.82) is 0 Å². The highest BCUT2D eigenvalue weighted by Gasteiger charge is 2.20. The minimum Gasteiger partial charge on any atom is -0.394 e. The minimum absolute atomic E-state index is 0.0327. The molecule has 0 rings (SSSR count). The molecule has 4 heteroatoms. The van der Waals surface area contributed by atoms with Gasteiger partial charge in [0.1, 0.15) is 0 Å². The van der Waals surface area contributed by atoms with Gasteiger partial charge in [-0.2, -0.15) is 0 Å². The summed E-state index contributed by atoms with van der Waals surface area (Å²) in [4.78, 5) is 12.3. The van der Waals surface area contributed by atoms with E-state index in [9.17, 15) is 15.0 Å². The van der Waals surface area contributed by atoms with Crippen LogP contribution >= 0.6 is 0 Å². The maximum absolute atomic E-state index is 12.3. The van der Waals surface area contributed by atoms with Crippen molar-refractivity contribution >= 4 is 5.91 Å². The van der Waals surface area contributed by atoms with E-state index in [2.05, 4.69) is 19.2 Å². The first kappa shape index (κ1) is 48.4. The molecule has 2 atom stereocenters. The van der Waals surface area contributed by atoms with Crippen LogP contribution in [-0.2, 0) is 4.79 Å². The van der Waals surface area contributed by atoms with Gasteiger partial charge in [0.05, 0.1) is 18.8 Å². The summed E-state index contributed by atoms with van der Waals surface area (Å²) in [7, 11) is 0. The van der Waals surface area contributed by atoms with Crippen LogP contribution in [0.4, 0.5) is 0 Å². The second-order valence-corrected chi connectivity index (χ2v) is 15.8. The SMILES string of the molecule is CCCCCCCCCCCCCCCCCCCCCCCCCCCCCCCC(O)C(CO)NC(=O)CCCCCCCCCC. The molecule has 3 N–H and O–H groups in total. The van der Waals surface area contributed by atoms with Crippen molar-refractivity contribution in [3.63, 3.8) is 0 Å². The molecule has 4 nitrogen and oxygen atoms in total. The Balaban J connectivity index is 3.34. The number of aliphatic hydroxyl groups is 2. The third-order valence-corrected chi connectivity index (χ3v) is 10.9. The summed E-state index contributed by atoms with van der Waals surface area (Å²) in [5.41, 5.74) is 0. The lowest BCUT2D eigenvalue weighted by atomic mass is 10.0. The molecule has 2 unspecified atom stereocenters. The van der Waals surface area contributed by atoms with Crippen molar-refractivity contribution in [2.24, 2.45) is 0 Å². The predicted molar refractivity (Wildman–Crippen MR) is 216 cm³/mol. The van der Waals surface area contributed by atoms with E-state index in [0.29, 0.717) is 12.8 Å². The van der Waals surface area contributed by atoms with Crippen LogP contribution in [0.1, 0.15) is 264 Å². The number of rotatable bonds is 42. The zero-order valence-corrected chi connectivity index (χ0v) is 33.7. The van der Waals surface area contributed by atoms with Crippen molar-refractivity contribution in [1.82, 2.24) is 5.32 Å². The fraction of sp³-hybridized carbons (Fsp3) is 0.978. The normalized spacial score (nSPS) is 12.8. The highest BCUT2D eigenvalue weighted by atomic mass is 16.3. The van der Waals surface area contributed by atoms with Gasteiger partial charge in [0.25, 0.3) is 0 Å². The Morgan fingerprint density at radius 3 is 0.918 bits per heavy atom. The van der Waals surface area contributed by atoms with Crippen molar-refractivity contribution in [3.05, 3.63) is 0 Å². The Hall–Kier alpha value is -0.610. The molecule has 0 aliphatic rings. The third kappa shape index (κ3) is 38.5. The van der Waals surface area contributed by atoms with Crippen molar-refractivity contribution in [2.45, 2.75) is 276 Å². The summed E-state index contributed by atoms with van der Waals surface area (Å²) < 4.78 is 0. The first-order valence-corrected chi connectivity index (χ1v) is 22.7. The number of nitrogens with one attached hydrogen (secondary N) is 1. The topological polar surface area (TPSA) is 69.6 Å². The molecule has 0 radical (unpaired) electrons. The molecule has 0 fully saturated rings. The third-order valence-electron chi connectivity index (χ3n) is 10.9. The van der Waals surface area contributed by atoms with E-state index < -0.39 is 12.1 Å². The van der Waals surface area contributed by atoms with Gasteiger partial charge in [-0.3, -0.25) is 4.79 Å². The average molecular weight is 694 g/mol. The molecule has 1 amide bonds. The Kier molecular flexibility index (Phi) is 41.3. The molecule has 0 saturated carbocycles. The summed E-state index contributed by atoms with van der Waals surface area (Å²) in [5.74, 6) is -0.0327. The quantitative estimate of drug-likeness (QED) is 0.0557. The largest absolute Gasteiger partial charge is 0.394 e. The highest BCUT2D eigenvalue weighted by Crippen LogP contribution is 2.17. The van der Waals surface area contributed by atoms with Gasteiger partial charge in [0.2, 0.25) is 5.91 Å². The fourth-order valence-electron chi connectivity index (χ4n) is 7.36. The smallest absolute Gasteiger partial charge is 0.220 e. The number of aliphatic hydroxyl groups excluding tert-OH is 2. The second kappa shape index (κ2) is 41.8. The van der Waals surface area contributed by atoms with Gasteiger partial charge in [-0.1, -0.05) is 245 Å². The number of unbranched alkanes of at least 4 members (excludes halogenated alkanes) is 35. The van der Waals surface area contributed by atoms with Crippen LogP contribution in [0, 0.1) is 0 Å². The molecule has 49 heavy (non-hydrogen) atoms. The summed E-state index contributed by atoms with van der Waals surface area (Å²) in [6, 6.07) is -0.527. The van der Waals surface area contributed by atoms with Gasteiger partial charge < -0.3 is 15.5 Å². The van der Waals surface area contributed by atoms with Crippen LogP contribution in [0.15, 0.2) is 0 Å². The monoisotopic (exact) mass is 694 g/mol. The van der Waals surface area contributed by atoms with Crippen LogP contribution in [0.2, 0.25) is 0 Å². The van der Waals surface area contributed by atoms with Crippen LogP contribution in [0.5, 0.6) is 0 Å². The molecule has 0 spiro atoms. The number of hydrogen-bond donors (Lipinski definition) is 3. The Labute approximate surface area is 308 Å². The van der Waals surface area contributed by atoms with Gasteiger partial charge >= 0.3 is 0 Å². The first-order chi connectivity index (χ1) is 24.2.